The lowest BCUT2D eigenvalue weighted by molar-refractivity contribution is -0.132. The van der Waals surface area contributed by atoms with E-state index in [0.29, 0.717) is 12.0 Å². The van der Waals surface area contributed by atoms with Gasteiger partial charge in [-0.25, -0.2) is 8.78 Å². The molecule has 1 aromatic rings. The first kappa shape index (κ1) is 15.9. The summed E-state index contributed by atoms with van der Waals surface area (Å²) in [6, 6.07) is 3.22. The SMILES string of the molecule is CCCC1NC(c2ccc(F)cc2F)N(C(C)CC)C1=O. The standard InChI is InChI=1S/C16H22F2N2O/c1-4-6-14-16(21)20(10(3)5-2)15(19-14)12-8-7-11(17)9-13(12)18/h7-10,14-15,19H,4-6H2,1-3H3. The molecule has 3 atom stereocenters. The number of nitrogens with one attached hydrogen (secondary N) is 1. The molecule has 1 aliphatic rings. The fourth-order valence-corrected chi connectivity index (χ4v) is 2.78. The average molecular weight is 296 g/mol. The molecule has 1 aliphatic heterocycles. The van der Waals surface area contributed by atoms with Crippen molar-refractivity contribution in [2.75, 3.05) is 0 Å². The monoisotopic (exact) mass is 296 g/mol. The van der Waals surface area contributed by atoms with Crippen LogP contribution in [0.4, 0.5) is 8.78 Å². The summed E-state index contributed by atoms with van der Waals surface area (Å²) in [6.07, 6.45) is 1.84. The number of benzene rings is 1. The van der Waals surface area contributed by atoms with Crippen LogP contribution < -0.4 is 5.32 Å². The Bertz CT molecular complexity index is 521. The molecule has 0 saturated carbocycles. The number of carbonyl (C=O) groups excluding carboxylic acids is 1. The predicted molar refractivity (Wildman–Crippen MR) is 77.5 cm³/mol. The van der Waals surface area contributed by atoms with E-state index in [2.05, 4.69) is 5.32 Å². The molecule has 0 spiro atoms. The van der Waals surface area contributed by atoms with E-state index in [4.69, 9.17) is 0 Å². The summed E-state index contributed by atoms with van der Waals surface area (Å²) in [5.74, 6) is -1.23. The third-order valence-electron chi connectivity index (χ3n) is 4.09. The van der Waals surface area contributed by atoms with Crippen LogP contribution in [0.2, 0.25) is 0 Å². The van der Waals surface area contributed by atoms with Crippen molar-refractivity contribution in [3.8, 4) is 0 Å². The van der Waals surface area contributed by atoms with Gasteiger partial charge in [-0.05, 0) is 31.9 Å². The molecule has 1 N–H and O–H groups in total. The first-order chi connectivity index (χ1) is 9.99. The average Bonchev–Trinajstić information content (AvgIpc) is 2.76. The second-order valence-electron chi connectivity index (χ2n) is 5.58. The molecule has 1 aromatic carbocycles. The van der Waals surface area contributed by atoms with Gasteiger partial charge < -0.3 is 4.90 Å². The maximum Gasteiger partial charge on any atom is 0.241 e. The zero-order chi connectivity index (χ0) is 15.6. The molecule has 3 unspecified atom stereocenters. The molecule has 116 valence electrons. The number of amides is 1. The van der Waals surface area contributed by atoms with Crippen LogP contribution in [0.15, 0.2) is 18.2 Å². The maximum atomic E-state index is 14.1. The molecular formula is C16H22F2N2O. The molecule has 1 amide bonds. The highest BCUT2D eigenvalue weighted by molar-refractivity contribution is 5.84. The summed E-state index contributed by atoms with van der Waals surface area (Å²) in [4.78, 5) is 14.2. The second kappa shape index (κ2) is 6.52. The minimum absolute atomic E-state index is 0.0000694. The molecule has 0 aromatic heterocycles. The second-order valence-corrected chi connectivity index (χ2v) is 5.58. The van der Waals surface area contributed by atoms with Gasteiger partial charge in [-0.3, -0.25) is 10.1 Å². The number of carbonyl (C=O) groups is 1. The van der Waals surface area contributed by atoms with E-state index in [1.807, 2.05) is 20.8 Å². The topological polar surface area (TPSA) is 32.3 Å². The van der Waals surface area contributed by atoms with Crippen LogP contribution >= 0.6 is 0 Å². The zero-order valence-electron chi connectivity index (χ0n) is 12.7. The van der Waals surface area contributed by atoms with Crippen molar-refractivity contribution in [1.82, 2.24) is 10.2 Å². The van der Waals surface area contributed by atoms with Crippen molar-refractivity contribution >= 4 is 5.91 Å². The zero-order valence-corrected chi connectivity index (χ0v) is 12.7. The van der Waals surface area contributed by atoms with Crippen LogP contribution in [0.25, 0.3) is 0 Å². The summed E-state index contributed by atoms with van der Waals surface area (Å²) < 4.78 is 27.2. The number of halogens is 2. The van der Waals surface area contributed by atoms with Gasteiger partial charge in [-0.1, -0.05) is 20.3 Å². The predicted octanol–water partition coefficient (Wildman–Crippen LogP) is 3.36. The summed E-state index contributed by atoms with van der Waals surface area (Å²) in [5, 5.41) is 3.20. The van der Waals surface area contributed by atoms with Crippen LogP contribution in [0.3, 0.4) is 0 Å². The van der Waals surface area contributed by atoms with Crippen molar-refractivity contribution in [1.29, 1.82) is 0 Å². The lowest BCUT2D eigenvalue weighted by Crippen LogP contribution is -2.38. The van der Waals surface area contributed by atoms with Gasteiger partial charge in [0.25, 0.3) is 0 Å². The normalized spacial score (nSPS) is 23.7. The molecule has 1 heterocycles. The van der Waals surface area contributed by atoms with Gasteiger partial charge >= 0.3 is 0 Å². The Kier molecular flexibility index (Phi) is 4.93. The highest BCUT2D eigenvalue weighted by atomic mass is 19.1. The third-order valence-corrected chi connectivity index (χ3v) is 4.09. The van der Waals surface area contributed by atoms with Crippen LogP contribution in [-0.2, 0) is 4.79 Å². The van der Waals surface area contributed by atoms with E-state index in [9.17, 15) is 13.6 Å². The Balaban J connectivity index is 2.36. The molecular weight excluding hydrogens is 274 g/mol. The highest BCUT2D eigenvalue weighted by Crippen LogP contribution is 2.31. The first-order valence-electron chi connectivity index (χ1n) is 7.52. The van der Waals surface area contributed by atoms with Crippen molar-refractivity contribution in [3.63, 3.8) is 0 Å². The third kappa shape index (κ3) is 3.07. The Labute approximate surface area is 124 Å². The number of hydrogen-bond donors (Lipinski definition) is 1. The maximum absolute atomic E-state index is 14.1. The van der Waals surface area contributed by atoms with Crippen molar-refractivity contribution in [2.45, 2.75) is 58.3 Å². The van der Waals surface area contributed by atoms with Gasteiger partial charge in [0.1, 0.15) is 17.8 Å². The fraction of sp³-hybridized carbons (Fsp3) is 0.562. The minimum atomic E-state index is -0.620. The number of nitrogens with zero attached hydrogens (tertiary/aromatic N) is 1. The Morgan fingerprint density at radius 3 is 2.62 bits per heavy atom. The van der Waals surface area contributed by atoms with E-state index in [1.54, 1.807) is 4.90 Å². The van der Waals surface area contributed by atoms with Gasteiger partial charge in [0.05, 0.1) is 6.04 Å². The molecule has 1 fully saturated rings. The molecule has 0 bridgehead atoms. The van der Waals surface area contributed by atoms with Crippen molar-refractivity contribution in [3.05, 3.63) is 35.4 Å². The molecule has 1 saturated heterocycles. The summed E-state index contributed by atoms with van der Waals surface area (Å²) in [5.41, 5.74) is 0.323. The van der Waals surface area contributed by atoms with Gasteiger partial charge in [0.15, 0.2) is 0 Å². The van der Waals surface area contributed by atoms with Gasteiger partial charge in [0.2, 0.25) is 5.91 Å². The van der Waals surface area contributed by atoms with Crippen LogP contribution in [0, 0.1) is 11.6 Å². The van der Waals surface area contributed by atoms with E-state index in [0.717, 1.165) is 18.9 Å². The largest absolute Gasteiger partial charge is 0.319 e. The molecule has 3 nitrogen and oxygen atoms in total. The van der Waals surface area contributed by atoms with E-state index in [1.165, 1.54) is 12.1 Å². The summed E-state index contributed by atoms with van der Waals surface area (Å²) in [7, 11) is 0. The number of hydrogen-bond acceptors (Lipinski definition) is 2. The summed E-state index contributed by atoms with van der Waals surface area (Å²) >= 11 is 0. The number of rotatable bonds is 5. The molecule has 0 radical (unpaired) electrons. The van der Waals surface area contributed by atoms with Crippen molar-refractivity contribution in [2.24, 2.45) is 0 Å². The van der Waals surface area contributed by atoms with E-state index >= 15 is 0 Å². The van der Waals surface area contributed by atoms with E-state index < -0.39 is 17.8 Å². The first-order valence-corrected chi connectivity index (χ1v) is 7.52. The van der Waals surface area contributed by atoms with Crippen molar-refractivity contribution < 1.29 is 13.6 Å². The Hall–Kier alpha value is -1.49. The van der Waals surface area contributed by atoms with Crippen LogP contribution in [-0.4, -0.2) is 22.9 Å². The minimum Gasteiger partial charge on any atom is -0.319 e. The fourth-order valence-electron chi connectivity index (χ4n) is 2.78. The molecule has 0 aliphatic carbocycles. The highest BCUT2D eigenvalue weighted by Gasteiger charge is 2.41. The smallest absolute Gasteiger partial charge is 0.241 e. The lowest BCUT2D eigenvalue weighted by atomic mass is 10.1. The van der Waals surface area contributed by atoms with Gasteiger partial charge in [-0.15, -0.1) is 0 Å². The van der Waals surface area contributed by atoms with Crippen LogP contribution in [0.1, 0.15) is 51.8 Å². The van der Waals surface area contributed by atoms with E-state index in [-0.39, 0.29) is 18.0 Å². The van der Waals surface area contributed by atoms with Gasteiger partial charge in [-0.2, -0.15) is 0 Å². The Morgan fingerprint density at radius 1 is 1.33 bits per heavy atom. The summed E-state index contributed by atoms with van der Waals surface area (Å²) in [6.45, 7) is 5.94. The van der Waals surface area contributed by atoms with Crippen LogP contribution in [0.5, 0.6) is 0 Å². The van der Waals surface area contributed by atoms with Gasteiger partial charge in [0, 0.05) is 17.7 Å². The quantitative estimate of drug-likeness (QED) is 0.903. The molecule has 5 heteroatoms. The lowest BCUT2D eigenvalue weighted by Gasteiger charge is -2.30. The Morgan fingerprint density at radius 2 is 2.05 bits per heavy atom. The molecule has 21 heavy (non-hydrogen) atoms. The molecule has 2 rings (SSSR count).